The Labute approximate surface area is 149 Å². The van der Waals surface area contributed by atoms with Crippen LogP contribution in [0.2, 0.25) is 0 Å². The number of nitrogens with one attached hydrogen (secondary N) is 1. The minimum absolute atomic E-state index is 0.0258. The van der Waals surface area contributed by atoms with Gasteiger partial charge in [0, 0.05) is 0 Å². The maximum Gasteiger partial charge on any atom is 0.469 e. The maximum atomic E-state index is 11.9. The van der Waals surface area contributed by atoms with Gasteiger partial charge in [0.15, 0.2) is 6.23 Å². The van der Waals surface area contributed by atoms with Crippen LogP contribution in [0, 0.1) is 3.70 Å². The highest BCUT2D eigenvalue weighted by Crippen LogP contribution is 2.38. The topological polar surface area (TPSA) is 171 Å². The van der Waals surface area contributed by atoms with Crippen molar-refractivity contribution >= 4 is 46.3 Å². The monoisotopic (exact) mass is 528 g/mol. The second kappa shape index (κ2) is 7.01. The van der Waals surface area contributed by atoms with Crippen molar-refractivity contribution in [2.24, 2.45) is 0 Å². The molecular formula is C9H11BrIN2O9P. The molecule has 0 aromatic carbocycles. The number of aromatic nitrogens is 2. The van der Waals surface area contributed by atoms with Crippen molar-refractivity contribution in [3.05, 3.63) is 29.0 Å². The summed E-state index contributed by atoms with van der Waals surface area (Å²) in [5.41, 5.74) is -1.56. The second-order valence-electron chi connectivity index (χ2n) is 4.57. The minimum Gasteiger partial charge on any atom is -0.387 e. The lowest BCUT2D eigenvalue weighted by Crippen LogP contribution is -2.40. The third kappa shape index (κ3) is 4.11. The molecule has 1 aromatic heterocycles. The van der Waals surface area contributed by atoms with E-state index in [1.54, 1.807) is 22.6 Å². The molecule has 0 bridgehead atoms. The van der Waals surface area contributed by atoms with Crippen molar-refractivity contribution in [1.82, 2.24) is 9.55 Å². The summed E-state index contributed by atoms with van der Waals surface area (Å²) in [5, 5.41) is 19.9. The summed E-state index contributed by atoms with van der Waals surface area (Å²) in [6, 6.07) is 0. The van der Waals surface area contributed by atoms with Gasteiger partial charge in [-0.25, -0.2) is 9.36 Å². The van der Waals surface area contributed by atoms with E-state index < -0.39 is 50.2 Å². The molecule has 0 radical (unpaired) electrons. The molecule has 0 spiro atoms. The highest BCUT2D eigenvalue weighted by molar-refractivity contribution is 14.1. The van der Waals surface area contributed by atoms with Gasteiger partial charge in [0.25, 0.3) is 5.56 Å². The van der Waals surface area contributed by atoms with E-state index in [1.165, 1.54) is 0 Å². The van der Waals surface area contributed by atoms with Crippen LogP contribution in [0.15, 0.2) is 14.1 Å². The van der Waals surface area contributed by atoms with Gasteiger partial charge in [-0.2, -0.15) is 0 Å². The van der Waals surface area contributed by atoms with Gasteiger partial charge in [-0.3, -0.25) is 18.9 Å². The number of aromatic amines is 1. The number of aliphatic hydroxyl groups excluding tert-OH is 2. The Hall–Kier alpha value is -0.120. The Morgan fingerprint density at radius 2 is 1.96 bits per heavy atom. The van der Waals surface area contributed by atoms with Gasteiger partial charge in [0.05, 0.1) is 6.61 Å². The number of hydrogen-bond acceptors (Lipinski definition) is 7. The second-order valence-corrected chi connectivity index (χ2v) is 7.62. The van der Waals surface area contributed by atoms with Crippen LogP contribution < -0.4 is 11.2 Å². The molecule has 1 aliphatic rings. The Kier molecular flexibility index (Phi) is 5.86. The van der Waals surface area contributed by atoms with Crippen molar-refractivity contribution in [3.8, 4) is 0 Å². The number of phosphoric acid groups is 1. The number of ether oxygens (including phenoxy) is 1. The Morgan fingerprint density at radius 1 is 1.35 bits per heavy atom. The molecule has 14 heteroatoms. The number of phosphoric ester groups is 1. The van der Waals surface area contributed by atoms with E-state index >= 15 is 0 Å². The lowest BCUT2D eigenvalue weighted by atomic mass is 10.1. The molecule has 2 unspecified atom stereocenters. The predicted molar refractivity (Wildman–Crippen MR) is 85.7 cm³/mol. The van der Waals surface area contributed by atoms with Crippen LogP contribution in [0.4, 0.5) is 0 Å². The number of nitrogens with zero attached hydrogens (tertiary/aromatic N) is 1. The van der Waals surface area contributed by atoms with E-state index in [9.17, 15) is 24.4 Å². The van der Waals surface area contributed by atoms with Crippen LogP contribution in [-0.4, -0.2) is 54.5 Å². The average Bonchev–Trinajstić information content (AvgIpc) is 2.70. The van der Waals surface area contributed by atoms with Gasteiger partial charge >= 0.3 is 13.5 Å². The van der Waals surface area contributed by atoms with E-state index in [0.717, 1.165) is 4.57 Å². The molecule has 11 nitrogen and oxygen atoms in total. The van der Waals surface area contributed by atoms with Gasteiger partial charge in [-0.05, 0) is 38.5 Å². The molecule has 1 fully saturated rings. The third-order valence-electron chi connectivity index (χ3n) is 3.03. The Bertz CT molecular complexity index is 760. The standard InChI is InChI=1S/C9H11BrIN2O9P/c10-3-6(11)13(9(17)12-7(3)16)8-5(15)4(14)2(22-8)1-21-23(18,19)20/h2,4-5,8,14-15H,1H2,(H,12,16,17)(H2,18,19,20)/t2-,4+,5?,8?/m1/s1. The van der Waals surface area contributed by atoms with Crippen molar-refractivity contribution in [3.63, 3.8) is 0 Å². The summed E-state index contributed by atoms with van der Waals surface area (Å²) in [6.07, 6.45) is -5.79. The van der Waals surface area contributed by atoms with Gasteiger partial charge < -0.3 is 24.7 Å². The molecule has 5 N–H and O–H groups in total. The van der Waals surface area contributed by atoms with Gasteiger partial charge in [0.2, 0.25) is 0 Å². The molecule has 0 saturated carbocycles. The first-order valence-corrected chi connectivity index (χ1v) is 9.34. The first-order chi connectivity index (χ1) is 10.5. The molecule has 130 valence electrons. The molecule has 4 atom stereocenters. The van der Waals surface area contributed by atoms with Crippen LogP contribution in [0.25, 0.3) is 0 Å². The zero-order chi connectivity index (χ0) is 17.5. The van der Waals surface area contributed by atoms with Crippen molar-refractivity contribution < 1.29 is 33.8 Å². The fourth-order valence-electron chi connectivity index (χ4n) is 1.98. The van der Waals surface area contributed by atoms with Gasteiger partial charge in [-0.15, -0.1) is 0 Å². The predicted octanol–water partition coefficient (Wildman–Crippen LogP) is -1.37. The summed E-state index contributed by atoms with van der Waals surface area (Å²) < 4.78 is 21.2. The number of aliphatic hydroxyl groups is 2. The zero-order valence-corrected chi connectivity index (χ0v) is 15.6. The first kappa shape index (κ1) is 19.2. The smallest absolute Gasteiger partial charge is 0.387 e. The van der Waals surface area contributed by atoms with E-state index in [1.807, 2.05) is 4.98 Å². The fourth-order valence-corrected chi connectivity index (χ4v) is 3.35. The molecule has 0 aliphatic carbocycles. The number of halogens is 2. The first-order valence-electron chi connectivity index (χ1n) is 5.94. The number of hydrogen-bond donors (Lipinski definition) is 5. The molecular weight excluding hydrogens is 518 g/mol. The molecule has 2 rings (SSSR count). The van der Waals surface area contributed by atoms with Crippen molar-refractivity contribution in [1.29, 1.82) is 0 Å². The van der Waals surface area contributed by atoms with Gasteiger partial charge in [0.1, 0.15) is 26.5 Å². The molecule has 1 aromatic rings. The van der Waals surface area contributed by atoms with Crippen molar-refractivity contribution in [2.75, 3.05) is 6.61 Å². The lowest BCUT2D eigenvalue weighted by molar-refractivity contribution is -0.0556. The molecule has 1 aliphatic heterocycles. The molecule has 2 heterocycles. The number of H-pyrrole nitrogens is 1. The third-order valence-corrected chi connectivity index (χ3v) is 6.05. The zero-order valence-electron chi connectivity index (χ0n) is 11.0. The summed E-state index contributed by atoms with van der Waals surface area (Å²) in [4.78, 5) is 42.7. The fraction of sp³-hybridized carbons (Fsp3) is 0.556. The van der Waals surface area contributed by atoms with Crippen LogP contribution in [0.1, 0.15) is 6.23 Å². The molecule has 23 heavy (non-hydrogen) atoms. The average molecular weight is 529 g/mol. The van der Waals surface area contributed by atoms with E-state index in [0.29, 0.717) is 0 Å². The largest absolute Gasteiger partial charge is 0.469 e. The summed E-state index contributed by atoms with van der Waals surface area (Å²) in [5.74, 6) is 0. The van der Waals surface area contributed by atoms with E-state index in [-0.39, 0.29) is 8.17 Å². The number of rotatable bonds is 4. The summed E-state index contributed by atoms with van der Waals surface area (Å²) in [7, 11) is -4.79. The highest BCUT2D eigenvalue weighted by atomic mass is 127. The quantitative estimate of drug-likeness (QED) is 0.180. The van der Waals surface area contributed by atoms with Crippen LogP contribution in [0.5, 0.6) is 0 Å². The Morgan fingerprint density at radius 3 is 2.52 bits per heavy atom. The summed E-state index contributed by atoms with van der Waals surface area (Å²) >= 11 is 4.65. The molecule has 0 amide bonds. The Balaban J connectivity index is 2.32. The van der Waals surface area contributed by atoms with Gasteiger partial charge in [-0.1, -0.05) is 0 Å². The van der Waals surface area contributed by atoms with E-state index in [2.05, 4.69) is 20.5 Å². The maximum absolute atomic E-state index is 11.9. The van der Waals surface area contributed by atoms with E-state index in [4.69, 9.17) is 14.5 Å². The van der Waals surface area contributed by atoms with Crippen LogP contribution in [0.3, 0.4) is 0 Å². The minimum atomic E-state index is -4.79. The van der Waals surface area contributed by atoms with Crippen LogP contribution >= 0.6 is 46.3 Å². The normalized spacial score (nSPS) is 28.3. The van der Waals surface area contributed by atoms with Crippen molar-refractivity contribution in [2.45, 2.75) is 24.5 Å². The summed E-state index contributed by atoms with van der Waals surface area (Å²) in [6.45, 7) is -0.700. The molecule has 1 saturated heterocycles. The lowest BCUT2D eigenvalue weighted by Gasteiger charge is -2.19. The highest BCUT2D eigenvalue weighted by Gasteiger charge is 2.45. The van der Waals surface area contributed by atoms with Crippen LogP contribution in [-0.2, 0) is 13.8 Å². The SMILES string of the molecule is O=c1[nH]c(=O)n(C2O[C@H](COP(=O)(O)O)[C@H](O)C2O)c(I)c1Br.